The number of imide groups is 1. The van der Waals surface area contributed by atoms with Crippen LogP contribution in [0.5, 0.6) is 0 Å². The molecule has 3 aromatic rings. The van der Waals surface area contributed by atoms with E-state index in [0.717, 1.165) is 10.4 Å². The Balaban J connectivity index is 1.44. The van der Waals surface area contributed by atoms with Crippen molar-refractivity contribution in [2.75, 3.05) is 6.54 Å². The van der Waals surface area contributed by atoms with E-state index in [1.165, 1.54) is 23.5 Å². The molecule has 0 unspecified atom stereocenters. The monoisotopic (exact) mass is 452 g/mol. The number of benzene rings is 2. The van der Waals surface area contributed by atoms with Gasteiger partial charge in [0.25, 0.3) is 11.8 Å². The lowest BCUT2D eigenvalue weighted by Gasteiger charge is -2.22. The van der Waals surface area contributed by atoms with E-state index in [0.29, 0.717) is 10.6 Å². The number of urea groups is 1. The van der Waals surface area contributed by atoms with Crippen LogP contribution in [-0.4, -0.2) is 29.4 Å². The molecule has 1 saturated heterocycles. The van der Waals surface area contributed by atoms with Gasteiger partial charge in [-0.3, -0.25) is 20.3 Å². The number of nitrogens with zero attached hydrogens (tertiary/aromatic N) is 1. The maximum absolute atomic E-state index is 13.3. The number of carbonyl (C=O) groups excluding carboxylic acids is 3. The summed E-state index contributed by atoms with van der Waals surface area (Å²) in [5.41, 5.74) is 2.51. The molecule has 1 aromatic heterocycles. The van der Waals surface area contributed by atoms with Gasteiger partial charge in [-0.25, -0.2) is 9.18 Å². The van der Waals surface area contributed by atoms with Crippen molar-refractivity contribution in [3.8, 4) is 0 Å². The van der Waals surface area contributed by atoms with Crippen molar-refractivity contribution in [3.63, 3.8) is 0 Å². The fourth-order valence-corrected chi connectivity index (χ4v) is 4.39. The lowest BCUT2D eigenvalue weighted by Crippen LogP contribution is -2.50. The van der Waals surface area contributed by atoms with Crippen molar-refractivity contribution in [1.82, 2.24) is 21.1 Å². The predicted octanol–water partition coefficient (Wildman–Crippen LogP) is 3.06. The van der Waals surface area contributed by atoms with E-state index < -0.39 is 23.4 Å². The number of hydrogen-bond acceptors (Lipinski definition) is 5. The molecule has 3 N–H and O–H groups in total. The molecule has 2 heterocycles. The molecule has 0 spiro atoms. The van der Waals surface area contributed by atoms with Crippen molar-refractivity contribution in [3.05, 3.63) is 93.9 Å². The van der Waals surface area contributed by atoms with Crippen LogP contribution in [0.2, 0.25) is 0 Å². The van der Waals surface area contributed by atoms with Crippen molar-refractivity contribution in [2.24, 2.45) is 0 Å². The number of nitrogens with one attached hydrogen (secondary N) is 3. The fourth-order valence-electron chi connectivity index (χ4n) is 3.56. The molecule has 1 fully saturated rings. The van der Waals surface area contributed by atoms with Crippen LogP contribution in [0.3, 0.4) is 0 Å². The number of thiophene rings is 1. The first-order chi connectivity index (χ1) is 15.4. The molecule has 1 aliphatic heterocycles. The Labute approximate surface area is 188 Å². The number of halogens is 1. The smallest absolute Gasteiger partial charge is 0.318 e. The predicted molar refractivity (Wildman–Crippen MR) is 118 cm³/mol. The summed E-state index contributed by atoms with van der Waals surface area (Å²) in [6.07, 6.45) is 0. The van der Waals surface area contributed by atoms with Crippen LogP contribution in [0.4, 0.5) is 9.18 Å². The maximum atomic E-state index is 13.3. The van der Waals surface area contributed by atoms with Gasteiger partial charge in [-0.05, 0) is 41.6 Å². The molecule has 0 radical (unpaired) electrons. The zero-order valence-electron chi connectivity index (χ0n) is 17.2. The van der Waals surface area contributed by atoms with Crippen LogP contribution in [0.15, 0.2) is 72.1 Å². The highest BCUT2D eigenvalue weighted by Crippen LogP contribution is 2.28. The second-order valence-electron chi connectivity index (χ2n) is 7.48. The van der Waals surface area contributed by atoms with E-state index >= 15 is 0 Å². The Bertz CT molecular complexity index is 1120. The van der Waals surface area contributed by atoms with Gasteiger partial charge in [0.05, 0.1) is 12.6 Å². The third-order valence-electron chi connectivity index (χ3n) is 5.28. The van der Waals surface area contributed by atoms with E-state index in [1.54, 1.807) is 43.3 Å². The first-order valence-electron chi connectivity index (χ1n) is 9.92. The summed E-state index contributed by atoms with van der Waals surface area (Å²) in [6.45, 7) is 1.42. The average molecular weight is 453 g/mol. The highest BCUT2D eigenvalue weighted by atomic mass is 32.1. The summed E-state index contributed by atoms with van der Waals surface area (Å²) in [7, 11) is 0. The second kappa shape index (κ2) is 8.89. The second-order valence-corrected chi connectivity index (χ2v) is 8.46. The number of hydrogen-bond donors (Lipinski definition) is 3. The number of amides is 4. The summed E-state index contributed by atoms with van der Waals surface area (Å²) in [4.78, 5) is 38.9. The van der Waals surface area contributed by atoms with Gasteiger partial charge in [0.15, 0.2) is 0 Å². The number of carbonyl (C=O) groups is 3. The summed E-state index contributed by atoms with van der Waals surface area (Å²) < 4.78 is 13.3. The zero-order valence-corrected chi connectivity index (χ0v) is 18.0. The minimum atomic E-state index is -1.27. The van der Waals surface area contributed by atoms with Crippen LogP contribution in [0.1, 0.15) is 29.0 Å². The molecule has 164 valence electrons. The van der Waals surface area contributed by atoms with E-state index in [2.05, 4.69) is 16.1 Å². The molecule has 7 nitrogen and oxygen atoms in total. The SMILES string of the molecule is C[C@]1(c2ccccc2)NC(=O)N(NC(=O)CN[C@H](c2ccc(F)cc2)c2cccs2)C1=O. The highest BCUT2D eigenvalue weighted by Gasteiger charge is 2.49. The van der Waals surface area contributed by atoms with Gasteiger partial charge in [-0.15, -0.1) is 11.3 Å². The first kappa shape index (κ1) is 21.7. The lowest BCUT2D eigenvalue weighted by molar-refractivity contribution is -0.138. The molecule has 9 heteroatoms. The molecule has 4 amide bonds. The Hall–Kier alpha value is -3.56. The summed E-state index contributed by atoms with van der Waals surface area (Å²) in [5, 5.41) is 8.37. The van der Waals surface area contributed by atoms with Crippen molar-refractivity contribution in [1.29, 1.82) is 0 Å². The quantitative estimate of drug-likeness (QED) is 0.481. The molecule has 2 aromatic carbocycles. The van der Waals surface area contributed by atoms with Crippen LogP contribution in [-0.2, 0) is 15.1 Å². The third-order valence-corrected chi connectivity index (χ3v) is 6.21. The van der Waals surface area contributed by atoms with Crippen LogP contribution in [0.25, 0.3) is 0 Å². The van der Waals surface area contributed by atoms with E-state index in [4.69, 9.17) is 0 Å². The van der Waals surface area contributed by atoms with Crippen molar-refractivity contribution >= 4 is 29.2 Å². The molecule has 0 aliphatic carbocycles. The minimum absolute atomic E-state index is 0.168. The molecule has 2 atom stereocenters. The topological polar surface area (TPSA) is 90.5 Å². The van der Waals surface area contributed by atoms with Crippen molar-refractivity contribution in [2.45, 2.75) is 18.5 Å². The van der Waals surface area contributed by atoms with Gasteiger partial charge in [0.2, 0.25) is 0 Å². The van der Waals surface area contributed by atoms with E-state index in [9.17, 15) is 18.8 Å². The minimum Gasteiger partial charge on any atom is -0.318 e. The largest absolute Gasteiger partial charge is 0.344 e. The Morgan fingerprint density at radius 2 is 1.81 bits per heavy atom. The molecular formula is C23H21FN4O3S. The Morgan fingerprint density at radius 3 is 2.47 bits per heavy atom. The fraction of sp³-hybridized carbons (Fsp3) is 0.174. The Kier molecular flexibility index (Phi) is 6.02. The summed E-state index contributed by atoms with van der Waals surface area (Å²) in [6, 6.07) is 17.6. The van der Waals surface area contributed by atoms with Gasteiger partial charge >= 0.3 is 6.03 Å². The van der Waals surface area contributed by atoms with Gasteiger partial charge in [-0.2, -0.15) is 5.01 Å². The lowest BCUT2D eigenvalue weighted by atomic mass is 9.92. The summed E-state index contributed by atoms with van der Waals surface area (Å²) in [5.74, 6) is -1.48. The van der Waals surface area contributed by atoms with Crippen LogP contribution >= 0.6 is 11.3 Å². The van der Waals surface area contributed by atoms with Crippen LogP contribution in [0, 0.1) is 5.82 Å². The number of rotatable bonds is 7. The maximum Gasteiger partial charge on any atom is 0.344 e. The Morgan fingerprint density at radius 1 is 1.09 bits per heavy atom. The van der Waals surface area contributed by atoms with Gasteiger partial charge in [0, 0.05) is 4.88 Å². The van der Waals surface area contributed by atoms with Crippen molar-refractivity contribution < 1.29 is 18.8 Å². The normalized spacial score (nSPS) is 19.0. The number of hydrazine groups is 1. The molecule has 0 saturated carbocycles. The molecule has 4 rings (SSSR count). The zero-order chi connectivity index (χ0) is 22.7. The third kappa shape index (κ3) is 4.25. The summed E-state index contributed by atoms with van der Waals surface area (Å²) >= 11 is 1.50. The average Bonchev–Trinajstić information content (AvgIpc) is 3.39. The molecule has 0 bridgehead atoms. The molecule has 32 heavy (non-hydrogen) atoms. The van der Waals surface area contributed by atoms with Gasteiger partial charge < -0.3 is 5.32 Å². The molecular weight excluding hydrogens is 431 g/mol. The van der Waals surface area contributed by atoms with E-state index in [-0.39, 0.29) is 18.4 Å². The molecule has 1 aliphatic rings. The first-order valence-corrected chi connectivity index (χ1v) is 10.8. The van der Waals surface area contributed by atoms with Gasteiger partial charge in [0.1, 0.15) is 11.4 Å². The van der Waals surface area contributed by atoms with E-state index in [1.807, 2.05) is 23.6 Å². The van der Waals surface area contributed by atoms with Crippen LogP contribution < -0.4 is 16.1 Å². The highest BCUT2D eigenvalue weighted by molar-refractivity contribution is 7.10. The standard InChI is InChI=1S/C23H21FN4O3S/c1-23(16-6-3-2-4-7-16)21(30)28(22(31)26-23)27-19(29)14-25-20(18-8-5-13-32-18)15-9-11-17(24)12-10-15/h2-13,20,25H,14H2,1H3,(H,26,31)(H,27,29)/t20-,23-/m1/s1. The van der Waals surface area contributed by atoms with Gasteiger partial charge in [-0.1, -0.05) is 48.5 Å².